The van der Waals surface area contributed by atoms with Crippen LogP contribution < -0.4 is 20.7 Å². The van der Waals surface area contributed by atoms with Crippen molar-refractivity contribution in [1.29, 1.82) is 0 Å². The quantitative estimate of drug-likeness (QED) is 0.330. The molecule has 2 aromatic carbocycles. The molecule has 3 N–H and O–H groups in total. The number of carbonyl (C=O) groups excluding carboxylic acids is 4. The monoisotopic (exact) mass is 549 g/mol. The zero-order valence-corrected chi connectivity index (χ0v) is 23.4. The van der Waals surface area contributed by atoms with Gasteiger partial charge in [-0.15, -0.1) is 0 Å². The molecule has 4 atom stereocenters. The molecule has 0 unspecified atom stereocenters. The number of epoxide rings is 1. The molecule has 2 aliphatic rings. The Morgan fingerprint density at radius 2 is 1.45 bits per heavy atom. The van der Waals surface area contributed by atoms with E-state index in [1.807, 2.05) is 42.5 Å². The molecular weight excluding hydrogens is 510 g/mol. The van der Waals surface area contributed by atoms with Crippen molar-refractivity contribution in [2.45, 2.75) is 76.1 Å². The minimum absolute atomic E-state index is 0.0793. The van der Waals surface area contributed by atoms with Crippen LogP contribution in [0.3, 0.4) is 0 Å². The van der Waals surface area contributed by atoms with Gasteiger partial charge in [-0.25, -0.2) is 0 Å². The molecule has 4 rings (SSSR count). The standard InChI is InChI=1S/C31H39N3O6/c1-20(32-29(37)23-11-7-8-12-23)28(36)34-26(18-22-13-15-24(39-3)16-14-22)30(38)33-25(27(35)31(2)19-40-31)17-21-9-5-4-6-10-21/h4-6,9-10,13-16,20,23,25-26H,7-8,11-12,17-19H2,1-3H3,(H,32,37)(H,33,38)(H,34,36)/t20-,25+,26+,31-/m1/s1. The molecule has 9 heteroatoms. The van der Waals surface area contributed by atoms with Crippen molar-refractivity contribution in [3.05, 3.63) is 65.7 Å². The first-order chi connectivity index (χ1) is 19.2. The van der Waals surface area contributed by atoms with E-state index in [9.17, 15) is 19.2 Å². The van der Waals surface area contributed by atoms with Gasteiger partial charge in [-0.2, -0.15) is 0 Å². The van der Waals surface area contributed by atoms with E-state index in [0.29, 0.717) is 18.8 Å². The molecule has 0 aromatic heterocycles. The maximum absolute atomic E-state index is 13.7. The fraction of sp³-hybridized carbons (Fsp3) is 0.484. The number of hydrogen-bond donors (Lipinski definition) is 3. The van der Waals surface area contributed by atoms with E-state index in [4.69, 9.17) is 9.47 Å². The lowest BCUT2D eigenvalue weighted by Gasteiger charge is -2.25. The summed E-state index contributed by atoms with van der Waals surface area (Å²) in [6, 6.07) is 14.0. The summed E-state index contributed by atoms with van der Waals surface area (Å²) in [4.78, 5) is 52.7. The van der Waals surface area contributed by atoms with Crippen molar-refractivity contribution in [3.63, 3.8) is 0 Å². The SMILES string of the molecule is COc1ccc(C[C@H](NC(=O)[C@@H](C)NC(=O)C2CCCC2)C(=O)N[C@@H](Cc2ccccc2)C(=O)[C@@]2(C)CO2)cc1. The molecule has 0 radical (unpaired) electrons. The second-order valence-corrected chi connectivity index (χ2v) is 11.0. The van der Waals surface area contributed by atoms with Gasteiger partial charge in [0.1, 0.15) is 23.4 Å². The van der Waals surface area contributed by atoms with Crippen molar-refractivity contribution in [3.8, 4) is 5.75 Å². The van der Waals surface area contributed by atoms with Gasteiger partial charge >= 0.3 is 0 Å². The second-order valence-electron chi connectivity index (χ2n) is 11.0. The lowest BCUT2D eigenvalue weighted by atomic mass is 9.94. The molecule has 40 heavy (non-hydrogen) atoms. The van der Waals surface area contributed by atoms with Crippen molar-refractivity contribution in [2.24, 2.45) is 5.92 Å². The predicted octanol–water partition coefficient (Wildman–Crippen LogP) is 2.50. The molecule has 1 aliphatic carbocycles. The van der Waals surface area contributed by atoms with Crippen LogP contribution in [0.5, 0.6) is 5.75 Å². The Morgan fingerprint density at radius 3 is 2.05 bits per heavy atom. The van der Waals surface area contributed by atoms with Crippen LogP contribution in [0.4, 0.5) is 0 Å². The lowest BCUT2D eigenvalue weighted by Crippen LogP contribution is -2.57. The molecule has 0 spiro atoms. The smallest absolute Gasteiger partial charge is 0.243 e. The van der Waals surface area contributed by atoms with Gasteiger partial charge < -0.3 is 25.4 Å². The Morgan fingerprint density at radius 1 is 0.875 bits per heavy atom. The van der Waals surface area contributed by atoms with Gasteiger partial charge in [0.05, 0.1) is 19.8 Å². The highest BCUT2D eigenvalue weighted by atomic mass is 16.6. The largest absolute Gasteiger partial charge is 0.497 e. The summed E-state index contributed by atoms with van der Waals surface area (Å²) in [7, 11) is 1.57. The van der Waals surface area contributed by atoms with E-state index in [1.165, 1.54) is 0 Å². The van der Waals surface area contributed by atoms with Crippen molar-refractivity contribution >= 4 is 23.5 Å². The minimum Gasteiger partial charge on any atom is -0.497 e. The molecule has 3 amide bonds. The molecule has 0 bridgehead atoms. The van der Waals surface area contributed by atoms with Crippen LogP contribution in [-0.2, 0) is 36.8 Å². The zero-order chi connectivity index (χ0) is 28.7. The maximum Gasteiger partial charge on any atom is 0.243 e. The average Bonchev–Trinajstić information content (AvgIpc) is 3.47. The van der Waals surface area contributed by atoms with Gasteiger partial charge in [-0.1, -0.05) is 55.3 Å². The van der Waals surface area contributed by atoms with Crippen LogP contribution in [0, 0.1) is 5.92 Å². The summed E-state index contributed by atoms with van der Waals surface area (Å²) in [5.41, 5.74) is 0.761. The number of ether oxygens (including phenoxy) is 2. The van der Waals surface area contributed by atoms with Gasteiger partial charge in [0.2, 0.25) is 17.7 Å². The van der Waals surface area contributed by atoms with Crippen molar-refractivity contribution < 1.29 is 28.7 Å². The van der Waals surface area contributed by atoms with E-state index in [-0.39, 0.29) is 24.0 Å². The molecule has 214 valence electrons. The number of methoxy groups -OCH3 is 1. The normalized spacial score (nSPS) is 20.6. The molecule has 9 nitrogen and oxygen atoms in total. The molecule has 2 fully saturated rings. The third-order valence-electron chi connectivity index (χ3n) is 7.72. The summed E-state index contributed by atoms with van der Waals surface area (Å²) in [5, 5.41) is 8.50. The van der Waals surface area contributed by atoms with Crippen LogP contribution in [-0.4, -0.2) is 60.9 Å². The van der Waals surface area contributed by atoms with Gasteiger partial charge in [0.15, 0.2) is 5.78 Å². The van der Waals surface area contributed by atoms with Crippen LogP contribution in [0.1, 0.15) is 50.7 Å². The zero-order valence-electron chi connectivity index (χ0n) is 23.4. The van der Waals surface area contributed by atoms with Gasteiger partial charge in [-0.05, 0) is 56.4 Å². The molecule has 2 aromatic rings. The van der Waals surface area contributed by atoms with E-state index in [2.05, 4.69) is 16.0 Å². The first kappa shape index (κ1) is 29.3. The highest BCUT2D eigenvalue weighted by Gasteiger charge is 2.50. The van der Waals surface area contributed by atoms with Crippen LogP contribution in [0.25, 0.3) is 0 Å². The van der Waals surface area contributed by atoms with Crippen molar-refractivity contribution in [2.75, 3.05) is 13.7 Å². The third-order valence-corrected chi connectivity index (χ3v) is 7.72. The number of Topliss-reactive ketones (excluding diaryl/α,β-unsaturated/α-hetero) is 1. The fourth-order valence-electron chi connectivity index (χ4n) is 5.04. The summed E-state index contributed by atoms with van der Waals surface area (Å²) in [6.07, 6.45) is 4.14. The highest BCUT2D eigenvalue weighted by Crippen LogP contribution is 2.29. The van der Waals surface area contributed by atoms with E-state index < -0.39 is 35.5 Å². The Bertz CT molecular complexity index is 1190. The summed E-state index contributed by atoms with van der Waals surface area (Å²) < 4.78 is 10.6. The number of ketones is 1. The van der Waals surface area contributed by atoms with E-state index >= 15 is 0 Å². The number of amides is 3. The van der Waals surface area contributed by atoms with Gasteiger partial charge in [0, 0.05) is 12.3 Å². The lowest BCUT2D eigenvalue weighted by molar-refractivity contribution is -0.134. The Kier molecular flexibility index (Phi) is 9.58. The Balaban J connectivity index is 1.50. The fourth-order valence-corrected chi connectivity index (χ4v) is 5.04. The van der Waals surface area contributed by atoms with Gasteiger partial charge in [-0.3, -0.25) is 19.2 Å². The van der Waals surface area contributed by atoms with Crippen LogP contribution >= 0.6 is 0 Å². The number of rotatable bonds is 13. The average molecular weight is 550 g/mol. The number of hydrogen-bond acceptors (Lipinski definition) is 6. The summed E-state index contributed by atoms with van der Waals surface area (Å²) in [5.74, 6) is -0.716. The number of nitrogens with one attached hydrogen (secondary N) is 3. The van der Waals surface area contributed by atoms with E-state index in [1.54, 1.807) is 33.1 Å². The van der Waals surface area contributed by atoms with Crippen LogP contribution in [0.2, 0.25) is 0 Å². The minimum atomic E-state index is -0.981. The summed E-state index contributed by atoms with van der Waals surface area (Å²) in [6.45, 7) is 3.62. The predicted molar refractivity (Wildman–Crippen MR) is 150 cm³/mol. The maximum atomic E-state index is 13.7. The Hall–Kier alpha value is -3.72. The molecular formula is C31H39N3O6. The second kappa shape index (κ2) is 13.1. The van der Waals surface area contributed by atoms with E-state index in [0.717, 1.165) is 36.8 Å². The molecule has 1 aliphatic heterocycles. The molecule has 1 saturated heterocycles. The Labute approximate surface area is 235 Å². The van der Waals surface area contributed by atoms with Crippen LogP contribution in [0.15, 0.2) is 54.6 Å². The first-order valence-electron chi connectivity index (χ1n) is 13.9. The summed E-state index contributed by atoms with van der Waals surface area (Å²) >= 11 is 0. The van der Waals surface area contributed by atoms with Crippen molar-refractivity contribution in [1.82, 2.24) is 16.0 Å². The van der Waals surface area contributed by atoms with Gasteiger partial charge in [0.25, 0.3) is 0 Å². The number of benzene rings is 2. The highest BCUT2D eigenvalue weighted by molar-refractivity contribution is 5.98. The molecule has 1 heterocycles. The first-order valence-corrected chi connectivity index (χ1v) is 13.9. The topological polar surface area (TPSA) is 126 Å². The molecule has 1 saturated carbocycles. The third kappa shape index (κ3) is 7.69. The number of carbonyl (C=O) groups is 4.